The second-order valence-electron chi connectivity index (χ2n) is 5.71. The lowest BCUT2D eigenvalue weighted by molar-refractivity contribution is 0.0936. The Morgan fingerprint density at radius 1 is 1.44 bits per heavy atom. The first-order valence-electron chi connectivity index (χ1n) is 6.05. The fourth-order valence-electron chi connectivity index (χ4n) is 1.32. The molecule has 0 spiro atoms. The summed E-state index contributed by atoms with van der Waals surface area (Å²) >= 11 is 0. The first-order valence-corrected chi connectivity index (χ1v) is 6.05. The lowest BCUT2D eigenvalue weighted by Gasteiger charge is -2.27. The predicted molar refractivity (Wildman–Crippen MR) is 71.8 cm³/mol. The Balaban J connectivity index is 2.63. The van der Waals surface area contributed by atoms with Gasteiger partial charge in [-0.1, -0.05) is 27.7 Å². The quantitative estimate of drug-likeness (QED) is 0.813. The van der Waals surface area contributed by atoms with Gasteiger partial charge in [0.15, 0.2) is 0 Å². The van der Waals surface area contributed by atoms with Crippen LogP contribution in [-0.4, -0.2) is 12.5 Å². The molecule has 0 aromatic heterocycles. The van der Waals surface area contributed by atoms with E-state index in [2.05, 4.69) is 33.0 Å². The van der Waals surface area contributed by atoms with Crippen LogP contribution in [0.4, 0.5) is 10.1 Å². The SMILES string of the molecule is CC(CNC(=O)c1ccc(N)c(F)c1)C(C)(C)C. The average Bonchev–Trinajstić information content (AvgIpc) is 2.27. The van der Waals surface area contributed by atoms with E-state index in [1.165, 1.54) is 12.1 Å². The van der Waals surface area contributed by atoms with Crippen molar-refractivity contribution >= 4 is 11.6 Å². The highest BCUT2D eigenvalue weighted by Crippen LogP contribution is 2.24. The Morgan fingerprint density at radius 3 is 2.56 bits per heavy atom. The third-order valence-electron chi connectivity index (χ3n) is 3.31. The van der Waals surface area contributed by atoms with Gasteiger partial charge in [0.1, 0.15) is 5.82 Å². The molecule has 0 fully saturated rings. The Bertz CT molecular complexity index is 438. The molecule has 0 radical (unpaired) electrons. The molecule has 1 unspecified atom stereocenters. The van der Waals surface area contributed by atoms with E-state index in [4.69, 9.17) is 5.73 Å². The average molecular weight is 252 g/mol. The van der Waals surface area contributed by atoms with E-state index in [0.29, 0.717) is 18.0 Å². The zero-order valence-corrected chi connectivity index (χ0v) is 11.4. The molecule has 0 aliphatic carbocycles. The maximum atomic E-state index is 13.2. The molecule has 0 aliphatic heterocycles. The van der Waals surface area contributed by atoms with Gasteiger partial charge in [0, 0.05) is 12.1 Å². The highest BCUT2D eigenvalue weighted by Gasteiger charge is 2.20. The van der Waals surface area contributed by atoms with Crippen LogP contribution in [0.1, 0.15) is 38.1 Å². The van der Waals surface area contributed by atoms with Crippen LogP contribution in [0.15, 0.2) is 18.2 Å². The zero-order valence-electron chi connectivity index (χ0n) is 11.4. The minimum Gasteiger partial charge on any atom is -0.396 e. The van der Waals surface area contributed by atoms with Gasteiger partial charge < -0.3 is 11.1 Å². The number of nitrogen functional groups attached to an aromatic ring is 1. The highest BCUT2D eigenvalue weighted by atomic mass is 19.1. The van der Waals surface area contributed by atoms with Crippen molar-refractivity contribution in [3.8, 4) is 0 Å². The first-order chi connectivity index (χ1) is 8.21. The van der Waals surface area contributed by atoms with Crippen molar-refractivity contribution < 1.29 is 9.18 Å². The Labute approximate surface area is 108 Å². The summed E-state index contributed by atoms with van der Waals surface area (Å²) in [5, 5.41) is 2.81. The summed E-state index contributed by atoms with van der Waals surface area (Å²) in [6.45, 7) is 8.99. The monoisotopic (exact) mass is 252 g/mol. The molecule has 1 atom stereocenters. The van der Waals surface area contributed by atoms with Gasteiger partial charge >= 0.3 is 0 Å². The molecule has 3 N–H and O–H groups in total. The Kier molecular flexibility index (Phi) is 4.33. The third kappa shape index (κ3) is 3.72. The number of amides is 1. The fraction of sp³-hybridized carbons (Fsp3) is 0.500. The van der Waals surface area contributed by atoms with Crippen molar-refractivity contribution in [2.24, 2.45) is 11.3 Å². The molecule has 0 saturated heterocycles. The molecule has 3 nitrogen and oxygen atoms in total. The van der Waals surface area contributed by atoms with Crippen LogP contribution in [0, 0.1) is 17.2 Å². The molecule has 100 valence electrons. The van der Waals surface area contributed by atoms with Crippen LogP contribution in [0.2, 0.25) is 0 Å². The van der Waals surface area contributed by atoms with E-state index >= 15 is 0 Å². The van der Waals surface area contributed by atoms with Gasteiger partial charge in [0.25, 0.3) is 5.91 Å². The van der Waals surface area contributed by atoms with Crippen molar-refractivity contribution in [2.45, 2.75) is 27.7 Å². The number of nitrogens with one attached hydrogen (secondary N) is 1. The molecule has 1 rings (SSSR count). The predicted octanol–water partition coefficient (Wildman–Crippen LogP) is 2.82. The number of rotatable bonds is 3. The normalized spacial score (nSPS) is 13.2. The maximum Gasteiger partial charge on any atom is 0.251 e. The van der Waals surface area contributed by atoms with Gasteiger partial charge in [0.2, 0.25) is 0 Å². The summed E-state index contributed by atoms with van der Waals surface area (Å²) < 4.78 is 13.2. The number of hydrogen-bond acceptors (Lipinski definition) is 2. The molecule has 0 aliphatic rings. The molecule has 0 heterocycles. The Hall–Kier alpha value is -1.58. The van der Waals surface area contributed by atoms with Crippen molar-refractivity contribution in [1.29, 1.82) is 0 Å². The summed E-state index contributed by atoms with van der Waals surface area (Å²) in [4.78, 5) is 11.8. The molecule has 0 saturated carbocycles. The number of nitrogens with two attached hydrogens (primary N) is 1. The number of halogens is 1. The molecule has 1 aromatic rings. The number of carbonyl (C=O) groups excluding carboxylic acids is 1. The first kappa shape index (κ1) is 14.5. The summed E-state index contributed by atoms with van der Waals surface area (Å²) in [7, 11) is 0. The summed E-state index contributed by atoms with van der Waals surface area (Å²) in [5.74, 6) is -0.503. The number of carbonyl (C=O) groups is 1. The van der Waals surface area contributed by atoms with Gasteiger partial charge in [-0.05, 0) is 29.5 Å². The van der Waals surface area contributed by atoms with Gasteiger partial charge in [-0.3, -0.25) is 4.79 Å². The lowest BCUT2D eigenvalue weighted by atomic mass is 9.82. The van der Waals surface area contributed by atoms with E-state index < -0.39 is 5.82 Å². The van der Waals surface area contributed by atoms with E-state index in [1.54, 1.807) is 0 Å². The summed E-state index contributed by atoms with van der Waals surface area (Å²) in [6.07, 6.45) is 0. The van der Waals surface area contributed by atoms with E-state index in [9.17, 15) is 9.18 Å². The van der Waals surface area contributed by atoms with E-state index in [-0.39, 0.29) is 17.0 Å². The van der Waals surface area contributed by atoms with Gasteiger partial charge in [0.05, 0.1) is 5.69 Å². The van der Waals surface area contributed by atoms with Crippen LogP contribution in [0.25, 0.3) is 0 Å². The second kappa shape index (κ2) is 5.38. The minimum atomic E-state index is -0.563. The molecule has 18 heavy (non-hydrogen) atoms. The van der Waals surface area contributed by atoms with Crippen LogP contribution >= 0.6 is 0 Å². The summed E-state index contributed by atoms with van der Waals surface area (Å²) in [5.41, 5.74) is 5.83. The molecule has 1 amide bonds. The zero-order chi connectivity index (χ0) is 13.9. The molecular formula is C14H21FN2O. The van der Waals surface area contributed by atoms with Crippen LogP contribution in [0.3, 0.4) is 0 Å². The van der Waals surface area contributed by atoms with E-state index in [0.717, 1.165) is 6.07 Å². The molecule has 0 bridgehead atoms. The van der Waals surface area contributed by atoms with Gasteiger partial charge in [-0.2, -0.15) is 0 Å². The number of anilines is 1. The topological polar surface area (TPSA) is 55.1 Å². The summed E-state index contributed by atoms with van der Waals surface area (Å²) in [6, 6.07) is 4.08. The molecule has 1 aromatic carbocycles. The molecule has 4 heteroatoms. The number of hydrogen-bond donors (Lipinski definition) is 2. The smallest absolute Gasteiger partial charge is 0.251 e. The second-order valence-corrected chi connectivity index (χ2v) is 5.71. The highest BCUT2D eigenvalue weighted by molar-refractivity contribution is 5.94. The lowest BCUT2D eigenvalue weighted by Crippen LogP contribution is -2.33. The molecular weight excluding hydrogens is 231 g/mol. The standard InChI is InChI=1S/C14H21FN2O/c1-9(14(2,3)4)8-17-13(18)10-5-6-12(16)11(15)7-10/h5-7,9H,8,16H2,1-4H3,(H,17,18). The number of benzene rings is 1. The van der Waals surface area contributed by atoms with Crippen molar-refractivity contribution in [1.82, 2.24) is 5.32 Å². The van der Waals surface area contributed by atoms with Crippen molar-refractivity contribution in [3.63, 3.8) is 0 Å². The van der Waals surface area contributed by atoms with E-state index in [1.807, 2.05) is 0 Å². The van der Waals surface area contributed by atoms with Gasteiger partial charge in [-0.25, -0.2) is 4.39 Å². The van der Waals surface area contributed by atoms with Crippen molar-refractivity contribution in [2.75, 3.05) is 12.3 Å². The fourth-order valence-corrected chi connectivity index (χ4v) is 1.32. The van der Waals surface area contributed by atoms with Crippen LogP contribution in [-0.2, 0) is 0 Å². The van der Waals surface area contributed by atoms with Crippen LogP contribution < -0.4 is 11.1 Å². The van der Waals surface area contributed by atoms with Crippen LogP contribution in [0.5, 0.6) is 0 Å². The maximum absolute atomic E-state index is 13.2. The van der Waals surface area contributed by atoms with Crippen molar-refractivity contribution in [3.05, 3.63) is 29.6 Å². The van der Waals surface area contributed by atoms with Gasteiger partial charge in [-0.15, -0.1) is 0 Å². The Morgan fingerprint density at radius 2 is 2.06 bits per heavy atom. The third-order valence-corrected chi connectivity index (χ3v) is 3.31. The minimum absolute atomic E-state index is 0.0506. The largest absolute Gasteiger partial charge is 0.396 e.